The van der Waals surface area contributed by atoms with Gasteiger partial charge in [-0.25, -0.2) is 4.68 Å². The summed E-state index contributed by atoms with van der Waals surface area (Å²) in [7, 11) is 0. The molecule has 0 aromatic carbocycles. The van der Waals surface area contributed by atoms with Crippen LogP contribution in [0.1, 0.15) is 33.7 Å². The van der Waals surface area contributed by atoms with Crippen LogP contribution in [0.2, 0.25) is 0 Å². The van der Waals surface area contributed by atoms with Crippen molar-refractivity contribution in [2.45, 2.75) is 33.7 Å². The van der Waals surface area contributed by atoms with Gasteiger partial charge < -0.3 is 10.2 Å². The standard InChI is InChI=1S/C13H21BrN4O2/c1-5-17(6-2)11(19)8-15-10-7-16-18(9(3)4)13(20)12(10)14/h7,9,15H,5-6,8H2,1-4H3. The molecule has 0 fully saturated rings. The van der Waals surface area contributed by atoms with Gasteiger partial charge in [0.15, 0.2) is 0 Å². The number of halogens is 1. The van der Waals surface area contributed by atoms with Crippen LogP contribution in [0.5, 0.6) is 0 Å². The summed E-state index contributed by atoms with van der Waals surface area (Å²) in [4.78, 5) is 25.7. The van der Waals surface area contributed by atoms with E-state index in [0.29, 0.717) is 23.2 Å². The molecule has 0 unspecified atom stereocenters. The highest BCUT2D eigenvalue weighted by atomic mass is 79.9. The molecule has 6 nitrogen and oxygen atoms in total. The molecule has 20 heavy (non-hydrogen) atoms. The summed E-state index contributed by atoms with van der Waals surface area (Å²) in [6.45, 7) is 9.13. The predicted molar refractivity (Wildman–Crippen MR) is 83.0 cm³/mol. The Kier molecular flexibility index (Phi) is 6.19. The molecule has 1 amide bonds. The van der Waals surface area contributed by atoms with Crippen LogP contribution in [0.4, 0.5) is 5.69 Å². The Bertz CT molecular complexity index is 524. The van der Waals surface area contributed by atoms with Crippen LogP contribution in [-0.4, -0.2) is 40.2 Å². The van der Waals surface area contributed by atoms with Crippen LogP contribution >= 0.6 is 15.9 Å². The lowest BCUT2D eigenvalue weighted by Crippen LogP contribution is -2.35. The van der Waals surface area contributed by atoms with E-state index in [1.807, 2.05) is 27.7 Å². The van der Waals surface area contributed by atoms with E-state index < -0.39 is 0 Å². The molecule has 0 saturated heterocycles. The summed E-state index contributed by atoms with van der Waals surface area (Å²) >= 11 is 3.26. The average Bonchev–Trinajstić information content (AvgIpc) is 2.41. The van der Waals surface area contributed by atoms with E-state index in [1.54, 1.807) is 11.1 Å². The third-order valence-electron chi connectivity index (χ3n) is 2.98. The largest absolute Gasteiger partial charge is 0.374 e. The summed E-state index contributed by atoms with van der Waals surface area (Å²) in [5, 5.41) is 7.04. The SMILES string of the molecule is CCN(CC)C(=O)CNc1cnn(C(C)C)c(=O)c1Br. The van der Waals surface area contributed by atoms with Crippen molar-refractivity contribution in [3.05, 3.63) is 21.0 Å². The third-order valence-corrected chi connectivity index (χ3v) is 3.75. The zero-order chi connectivity index (χ0) is 15.3. The van der Waals surface area contributed by atoms with Crippen LogP contribution in [-0.2, 0) is 4.79 Å². The number of amides is 1. The maximum atomic E-state index is 12.0. The number of anilines is 1. The summed E-state index contributed by atoms with van der Waals surface area (Å²) < 4.78 is 1.79. The van der Waals surface area contributed by atoms with Gasteiger partial charge in [0.2, 0.25) is 5.91 Å². The van der Waals surface area contributed by atoms with Gasteiger partial charge in [0.25, 0.3) is 5.56 Å². The number of nitrogens with one attached hydrogen (secondary N) is 1. The van der Waals surface area contributed by atoms with Crippen LogP contribution in [0.15, 0.2) is 15.5 Å². The van der Waals surface area contributed by atoms with Gasteiger partial charge in [-0.1, -0.05) is 0 Å². The third kappa shape index (κ3) is 3.82. The van der Waals surface area contributed by atoms with Crippen molar-refractivity contribution < 1.29 is 4.79 Å². The number of carbonyl (C=O) groups is 1. The van der Waals surface area contributed by atoms with E-state index in [0.717, 1.165) is 0 Å². The number of nitrogens with zero attached hydrogens (tertiary/aromatic N) is 3. The molecule has 7 heteroatoms. The molecule has 0 aliphatic heterocycles. The molecule has 1 heterocycles. The Morgan fingerprint density at radius 3 is 2.55 bits per heavy atom. The van der Waals surface area contributed by atoms with Crippen molar-refractivity contribution in [1.29, 1.82) is 0 Å². The number of carbonyl (C=O) groups excluding carboxylic acids is 1. The van der Waals surface area contributed by atoms with E-state index in [2.05, 4.69) is 26.3 Å². The Morgan fingerprint density at radius 2 is 2.05 bits per heavy atom. The summed E-state index contributed by atoms with van der Waals surface area (Å²) in [6.07, 6.45) is 1.56. The van der Waals surface area contributed by atoms with Gasteiger partial charge in [-0.3, -0.25) is 9.59 Å². The first-order valence-electron chi connectivity index (χ1n) is 6.71. The monoisotopic (exact) mass is 344 g/mol. The van der Waals surface area contributed by atoms with Gasteiger partial charge in [-0.05, 0) is 43.6 Å². The van der Waals surface area contributed by atoms with E-state index in [4.69, 9.17) is 0 Å². The molecule has 0 bridgehead atoms. The van der Waals surface area contributed by atoms with Crippen LogP contribution in [0.25, 0.3) is 0 Å². The van der Waals surface area contributed by atoms with Gasteiger partial charge in [0.1, 0.15) is 4.47 Å². The molecule has 1 rings (SSSR count). The minimum absolute atomic E-state index is 0.00469. The van der Waals surface area contributed by atoms with Gasteiger partial charge in [0, 0.05) is 13.1 Å². The van der Waals surface area contributed by atoms with Crippen LogP contribution < -0.4 is 10.9 Å². The molecule has 0 aliphatic rings. The molecular weight excluding hydrogens is 324 g/mol. The molecule has 0 spiro atoms. The van der Waals surface area contributed by atoms with Gasteiger partial charge in [-0.2, -0.15) is 5.10 Å². The number of hydrogen-bond acceptors (Lipinski definition) is 4. The molecule has 0 aliphatic carbocycles. The van der Waals surface area contributed by atoms with Crippen molar-refractivity contribution in [3.63, 3.8) is 0 Å². The lowest BCUT2D eigenvalue weighted by Gasteiger charge is -2.19. The molecule has 1 aromatic rings. The first-order chi connectivity index (χ1) is 9.42. The predicted octanol–water partition coefficient (Wildman–Crippen LogP) is 1.87. The first kappa shape index (κ1) is 16.7. The second kappa shape index (κ2) is 7.42. The van der Waals surface area contributed by atoms with E-state index in [9.17, 15) is 9.59 Å². The Hall–Kier alpha value is -1.37. The number of rotatable bonds is 6. The fourth-order valence-electron chi connectivity index (χ4n) is 1.79. The zero-order valence-electron chi connectivity index (χ0n) is 12.3. The maximum absolute atomic E-state index is 12.0. The topological polar surface area (TPSA) is 67.2 Å². The van der Waals surface area contributed by atoms with Crippen molar-refractivity contribution in [3.8, 4) is 0 Å². The highest BCUT2D eigenvalue weighted by Crippen LogP contribution is 2.16. The lowest BCUT2D eigenvalue weighted by molar-refractivity contribution is -0.128. The van der Waals surface area contributed by atoms with Gasteiger partial charge in [0.05, 0.1) is 24.5 Å². The van der Waals surface area contributed by atoms with Crippen molar-refractivity contribution in [2.75, 3.05) is 25.0 Å². The molecule has 1 aromatic heterocycles. The Labute approximate surface area is 127 Å². The van der Waals surface area contributed by atoms with Crippen molar-refractivity contribution >= 4 is 27.5 Å². The second-order valence-electron chi connectivity index (χ2n) is 4.64. The van der Waals surface area contributed by atoms with Gasteiger partial charge >= 0.3 is 0 Å². The Balaban J connectivity index is 2.82. The zero-order valence-corrected chi connectivity index (χ0v) is 13.9. The minimum atomic E-state index is -0.208. The fraction of sp³-hybridized carbons (Fsp3) is 0.615. The summed E-state index contributed by atoms with van der Waals surface area (Å²) in [6, 6.07) is -0.00911. The molecule has 112 valence electrons. The van der Waals surface area contributed by atoms with E-state index in [-0.39, 0.29) is 24.1 Å². The lowest BCUT2D eigenvalue weighted by atomic mass is 10.3. The number of hydrogen-bond donors (Lipinski definition) is 1. The second-order valence-corrected chi connectivity index (χ2v) is 5.43. The van der Waals surface area contributed by atoms with Crippen LogP contribution in [0, 0.1) is 0 Å². The smallest absolute Gasteiger partial charge is 0.283 e. The number of aromatic nitrogens is 2. The molecule has 0 radical (unpaired) electrons. The fourth-order valence-corrected chi connectivity index (χ4v) is 2.22. The highest BCUT2D eigenvalue weighted by Gasteiger charge is 2.13. The number of likely N-dealkylation sites (N-methyl/N-ethyl adjacent to an activating group) is 1. The molecular formula is C13H21BrN4O2. The van der Waals surface area contributed by atoms with E-state index in [1.165, 1.54) is 4.68 Å². The molecule has 0 atom stereocenters. The molecule has 0 saturated carbocycles. The van der Waals surface area contributed by atoms with Crippen LogP contribution in [0.3, 0.4) is 0 Å². The molecule has 1 N–H and O–H groups in total. The van der Waals surface area contributed by atoms with Crippen molar-refractivity contribution in [2.24, 2.45) is 0 Å². The first-order valence-corrected chi connectivity index (χ1v) is 7.50. The van der Waals surface area contributed by atoms with E-state index >= 15 is 0 Å². The van der Waals surface area contributed by atoms with Gasteiger partial charge in [-0.15, -0.1) is 0 Å². The maximum Gasteiger partial charge on any atom is 0.283 e. The Morgan fingerprint density at radius 1 is 1.45 bits per heavy atom. The normalized spacial score (nSPS) is 10.7. The summed E-state index contributed by atoms with van der Waals surface area (Å²) in [5.74, 6) is -0.00469. The highest BCUT2D eigenvalue weighted by molar-refractivity contribution is 9.10. The quantitative estimate of drug-likeness (QED) is 0.855. The summed E-state index contributed by atoms with van der Waals surface area (Å²) in [5.41, 5.74) is 0.327. The minimum Gasteiger partial charge on any atom is -0.374 e. The average molecular weight is 345 g/mol. The van der Waals surface area contributed by atoms with Crippen molar-refractivity contribution in [1.82, 2.24) is 14.7 Å².